The number of ether oxygens (including phenoxy) is 2. The molecule has 3 aromatic carbocycles. The zero-order chi connectivity index (χ0) is 22.2. The van der Waals surface area contributed by atoms with Gasteiger partial charge in [0, 0.05) is 11.3 Å². The molecule has 1 N–H and O–H groups in total. The van der Waals surface area contributed by atoms with Crippen molar-refractivity contribution >= 4 is 11.6 Å². The van der Waals surface area contributed by atoms with Crippen LogP contribution in [0.2, 0.25) is 0 Å². The summed E-state index contributed by atoms with van der Waals surface area (Å²) in [6.45, 7) is 6.22. The molecule has 0 heterocycles. The molecule has 0 atom stereocenters. The lowest BCUT2D eigenvalue weighted by atomic mass is 10.1. The number of para-hydroxylation sites is 1. The molecule has 158 valence electrons. The molecule has 0 unspecified atom stereocenters. The smallest absolute Gasteiger partial charge is 0.228 e. The summed E-state index contributed by atoms with van der Waals surface area (Å²) in [6.07, 6.45) is 0.275. The van der Waals surface area contributed by atoms with Gasteiger partial charge >= 0.3 is 0 Å². The zero-order valence-corrected chi connectivity index (χ0v) is 18.0. The van der Waals surface area contributed by atoms with Crippen molar-refractivity contribution < 1.29 is 14.3 Å². The molecule has 5 nitrogen and oxygen atoms in total. The second-order valence-electron chi connectivity index (χ2n) is 7.58. The number of benzene rings is 3. The van der Waals surface area contributed by atoms with E-state index in [0.717, 1.165) is 28.1 Å². The number of carbonyl (C=O) groups is 1. The van der Waals surface area contributed by atoms with Gasteiger partial charge in [-0.2, -0.15) is 5.26 Å². The number of nitrogens with one attached hydrogen (secondary N) is 1. The molecular weight excluding hydrogens is 388 g/mol. The molecule has 3 rings (SSSR count). The third-order valence-electron chi connectivity index (χ3n) is 4.62. The van der Waals surface area contributed by atoms with Crippen LogP contribution in [0.15, 0.2) is 66.7 Å². The second kappa shape index (κ2) is 10.3. The van der Waals surface area contributed by atoms with Gasteiger partial charge in [0.2, 0.25) is 5.91 Å². The van der Waals surface area contributed by atoms with Crippen molar-refractivity contribution in [2.45, 2.75) is 39.9 Å². The van der Waals surface area contributed by atoms with E-state index in [0.29, 0.717) is 17.9 Å². The van der Waals surface area contributed by atoms with Crippen LogP contribution < -0.4 is 14.8 Å². The Bertz CT molecular complexity index is 1100. The van der Waals surface area contributed by atoms with Crippen molar-refractivity contribution in [1.29, 1.82) is 5.26 Å². The third kappa shape index (κ3) is 6.35. The maximum atomic E-state index is 12.6. The molecular formula is C26H26N2O3. The number of rotatable bonds is 8. The van der Waals surface area contributed by atoms with Crippen molar-refractivity contribution in [3.63, 3.8) is 0 Å². The first-order valence-electron chi connectivity index (χ1n) is 10.2. The number of hydrogen-bond acceptors (Lipinski definition) is 4. The van der Waals surface area contributed by atoms with E-state index in [9.17, 15) is 4.79 Å². The average molecular weight is 415 g/mol. The molecule has 0 radical (unpaired) electrons. The Labute approximate surface area is 183 Å². The van der Waals surface area contributed by atoms with Crippen LogP contribution in [0.3, 0.4) is 0 Å². The Morgan fingerprint density at radius 1 is 1.06 bits per heavy atom. The van der Waals surface area contributed by atoms with Crippen molar-refractivity contribution in [2.75, 3.05) is 5.32 Å². The average Bonchev–Trinajstić information content (AvgIpc) is 2.75. The van der Waals surface area contributed by atoms with Crippen LogP contribution in [-0.4, -0.2) is 12.0 Å². The number of aryl methyl sites for hydroxylation is 1. The van der Waals surface area contributed by atoms with Crippen LogP contribution in [-0.2, 0) is 17.8 Å². The number of carbonyl (C=O) groups excluding carboxylic acids is 1. The maximum absolute atomic E-state index is 12.6. The number of nitrogens with zero attached hydrogens (tertiary/aromatic N) is 1. The molecule has 5 heteroatoms. The van der Waals surface area contributed by atoms with E-state index >= 15 is 0 Å². The van der Waals surface area contributed by atoms with E-state index in [4.69, 9.17) is 14.7 Å². The first-order chi connectivity index (χ1) is 14.9. The SMILES string of the molecule is Cc1cc(OCc2cccc(C#N)c2)ccc1NC(=O)Cc1ccccc1OC(C)C. The largest absolute Gasteiger partial charge is 0.491 e. The summed E-state index contributed by atoms with van der Waals surface area (Å²) in [5.41, 5.74) is 4.03. The Morgan fingerprint density at radius 3 is 2.61 bits per heavy atom. The van der Waals surface area contributed by atoms with Crippen LogP contribution in [0.1, 0.15) is 36.1 Å². The first kappa shape index (κ1) is 21.9. The number of nitriles is 1. The normalized spacial score (nSPS) is 10.4. The minimum Gasteiger partial charge on any atom is -0.491 e. The fourth-order valence-electron chi connectivity index (χ4n) is 3.15. The van der Waals surface area contributed by atoms with Crippen molar-refractivity contribution in [3.8, 4) is 17.6 Å². The van der Waals surface area contributed by atoms with Crippen LogP contribution in [0.4, 0.5) is 5.69 Å². The minimum absolute atomic E-state index is 0.0429. The van der Waals surface area contributed by atoms with Crippen molar-refractivity contribution in [2.24, 2.45) is 0 Å². The Balaban J connectivity index is 1.61. The Morgan fingerprint density at radius 2 is 1.87 bits per heavy atom. The highest BCUT2D eigenvalue weighted by Crippen LogP contribution is 2.24. The summed E-state index contributed by atoms with van der Waals surface area (Å²) in [7, 11) is 0. The van der Waals surface area contributed by atoms with Gasteiger partial charge < -0.3 is 14.8 Å². The van der Waals surface area contributed by atoms with Gasteiger partial charge in [-0.05, 0) is 68.3 Å². The lowest BCUT2D eigenvalue weighted by Gasteiger charge is -2.15. The highest BCUT2D eigenvalue weighted by Gasteiger charge is 2.11. The summed E-state index contributed by atoms with van der Waals surface area (Å²) < 4.78 is 11.6. The predicted octanol–water partition coefficient (Wildman–Crippen LogP) is 5.41. The van der Waals surface area contributed by atoms with Gasteiger partial charge in [-0.3, -0.25) is 4.79 Å². The lowest BCUT2D eigenvalue weighted by molar-refractivity contribution is -0.115. The molecule has 1 amide bonds. The van der Waals surface area contributed by atoms with E-state index < -0.39 is 0 Å². The number of anilines is 1. The first-order valence-corrected chi connectivity index (χ1v) is 10.2. The van der Waals surface area contributed by atoms with E-state index in [2.05, 4.69) is 11.4 Å². The molecule has 3 aromatic rings. The summed E-state index contributed by atoms with van der Waals surface area (Å²) in [5.74, 6) is 1.33. The van der Waals surface area contributed by atoms with Gasteiger partial charge in [-0.1, -0.05) is 30.3 Å². The molecule has 0 fully saturated rings. The van der Waals surface area contributed by atoms with Crippen LogP contribution in [0, 0.1) is 18.3 Å². The van der Waals surface area contributed by atoms with E-state index in [1.54, 1.807) is 6.07 Å². The van der Waals surface area contributed by atoms with Gasteiger partial charge in [0.25, 0.3) is 0 Å². The second-order valence-corrected chi connectivity index (χ2v) is 7.58. The maximum Gasteiger partial charge on any atom is 0.228 e. The molecule has 0 aliphatic heterocycles. The number of amides is 1. The predicted molar refractivity (Wildman–Crippen MR) is 121 cm³/mol. The standard InChI is InChI=1S/C26H26N2O3/c1-18(2)31-25-10-5-4-9-22(25)15-26(29)28-24-12-11-23(13-19(24)3)30-17-21-8-6-7-20(14-21)16-27/h4-14,18H,15,17H2,1-3H3,(H,28,29). The zero-order valence-electron chi connectivity index (χ0n) is 18.0. The van der Waals surface area contributed by atoms with E-state index in [1.165, 1.54) is 0 Å². The van der Waals surface area contributed by atoms with Crippen LogP contribution in [0.25, 0.3) is 0 Å². The fraction of sp³-hybridized carbons (Fsp3) is 0.231. The third-order valence-corrected chi connectivity index (χ3v) is 4.62. The minimum atomic E-state index is -0.107. The summed E-state index contributed by atoms with van der Waals surface area (Å²) >= 11 is 0. The molecule has 31 heavy (non-hydrogen) atoms. The van der Waals surface area contributed by atoms with E-state index in [1.807, 2.05) is 81.4 Å². The molecule has 0 saturated heterocycles. The van der Waals surface area contributed by atoms with Crippen LogP contribution in [0.5, 0.6) is 11.5 Å². The molecule has 0 aromatic heterocycles. The summed E-state index contributed by atoms with van der Waals surface area (Å²) in [5, 5.41) is 12.0. The van der Waals surface area contributed by atoms with Gasteiger partial charge in [0.05, 0.1) is 24.2 Å². The van der Waals surface area contributed by atoms with Gasteiger partial charge in [-0.15, -0.1) is 0 Å². The van der Waals surface area contributed by atoms with Crippen LogP contribution >= 0.6 is 0 Å². The van der Waals surface area contributed by atoms with Gasteiger partial charge in [0.1, 0.15) is 18.1 Å². The Hall–Kier alpha value is -3.78. The topological polar surface area (TPSA) is 71.3 Å². The fourth-order valence-corrected chi connectivity index (χ4v) is 3.15. The van der Waals surface area contributed by atoms with Gasteiger partial charge in [0.15, 0.2) is 0 Å². The molecule has 0 aliphatic rings. The van der Waals surface area contributed by atoms with Gasteiger partial charge in [-0.25, -0.2) is 0 Å². The quantitative estimate of drug-likeness (QED) is 0.535. The Kier molecular flexibility index (Phi) is 7.29. The molecule has 0 aliphatic carbocycles. The molecule has 0 spiro atoms. The molecule has 0 saturated carbocycles. The number of hydrogen-bond donors (Lipinski definition) is 1. The van der Waals surface area contributed by atoms with E-state index in [-0.39, 0.29) is 18.4 Å². The highest BCUT2D eigenvalue weighted by atomic mass is 16.5. The monoisotopic (exact) mass is 414 g/mol. The summed E-state index contributed by atoms with van der Waals surface area (Å²) in [4.78, 5) is 12.6. The lowest BCUT2D eigenvalue weighted by Crippen LogP contribution is -2.16. The highest BCUT2D eigenvalue weighted by molar-refractivity contribution is 5.93. The molecule has 0 bridgehead atoms. The summed E-state index contributed by atoms with van der Waals surface area (Å²) in [6, 6.07) is 22.6. The van der Waals surface area contributed by atoms with Crippen molar-refractivity contribution in [3.05, 3.63) is 89.0 Å². The van der Waals surface area contributed by atoms with Crippen molar-refractivity contribution in [1.82, 2.24) is 0 Å².